The zero-order valence-corrected chi connectivity index (χ0v) is 5.69. The Balaban J connectivity index is 3.13. The molecule has 0 saturated carbocycles. The first-order chi connectivity index (χ1) is 4.68. The third-order valence-electron chi connectivity index (χ3n) is 1.24. The van der Waals surface area contributed by atoms with E-state index < -0.39 is 19.1 Å². The third kappa shape index (κ3) is 4.61. The van der Waals surface area contributed by atoms with E-state index in [0.717, 1.165) is 0 Å². The Hall–Kier alpha value is -0.250. The average molecular weight is 155 g/mol. The zero-order chi connectivity index (χ0) is 7.98. The molecule has 0 aromatic carbocycles. The molecule has 0 heterocycles. The average Bonchev–Trinajstić information content (AvgIpc) is 1.88. The largest absolute Gasteiger partial charge is 0.323 e. The van der Waals surface area contributed by atoms with Gasteiger partial charge in [-0.1, -0.05) is 0 Å². The van der Waals surface area contributed by atoms with Crippen LogP contribution in [0, 0.1) is 0 Å². The fraction of sp³-hybridized carbons (Fsp3) is 1.00. The Bertz CT molecular complexity index is 77.4. The minimum absolute atomic E-state index is 0.210. The van der Waals surface area contributed by atoms with Gasteiger partial charge in [-0.25, -0.2) is 8.78 Å². The van der Waals surface area contributed by atoms with Crippen LogP contribution in [0.2, 0.25) is 0 Å². The number of rotatable bonds is 5. The molecule has 0 rings (SSSR count). The second-order valence-electron chi connectivity index (χ2n) is 2.18. The normalized spacial score (nSPS) is 14.1. The van der Waals surface area contributed by atoms with E-state index in [4.69, 9.17) is 5.73 Å². The SMILES string of the molecule is NC(CCCCF)C(F)F. The summed E-state index contributed by atoms with van der Waals surface area (Å²) >= 11 is 0. The molecule has 1 nitrogen and oxygen atoms in total. The first-order valence-corrected chi connectivity index (χ1v) is 3.28. The highest BCUT2D eigenvalue weighted by Gasteiger charge is 2.13. The van der Waals surface area contributed by atoms with Crippen LogP contribution in [0.5, 0.6) is 0 Å². The highest BCUT2D eigenvalue weighted by molar-refractivity contribution is 4.62. The van der Waals surface area contributed by atoms with Gasteiger partial charge in [-0.05, 0) is 19.3 Å². The van der Waals surface area contributed by atoms with Gasteiger partial charge >= 0.3 is 0 Å². The Kier molecular flexibility index (Phi) is 5.39. The summed E-state index contributed by atoms with van der Waals surface area (Å²) in [5.41, 5.74) is 4.98. The van der Waals surface area contributed by atoms with Gasteiger partial charge in [0.25, 0.3) is 6.43 Å². The van der Waals surface area contributed by atoms with Crippen LogP contribution in [0.4, 0.5) is 13.2 Å². The second-order valence-corrected chi connectivity index (χ2v) is 2.18. The van der Waals surface area contributed by atoms with Crippen LogP contribution >= 0.6 is 0 Å². The Morgan fingerprint density at radius 1 is 1.20 bits per heavy atom. The lowest BCUT2D eigenvalue weighted by Crippen LogP contribution is -2.28. The van der Waals surface area contributed by atoms with Crippen LogP contribution < -0.4 is 5.73 Å². The first kappa shape index (κ1) is 9.75. The number of halogens is 3. The molecule has 0 spiro atoms. The molecule has 1 atom stereocenters. The lowest BCUT2D eigenvalue weighted by molar-refractivity contribution is 0.110. The van der Waals surface area contributed by atoms with Gasteiger partial charge in [0.15, 0.2) is 0 Å². The van der Waals surface area contributed by atoms with E-state index in [1.165, 1.54) is 0 Å². The van der Waals surface area contributed by atoms with Crippen molar-refractivity contribution in [1.82, 2.24) is 0 Å². The standard InChI is InChI=1S/C6H12F3N/c7-4-2-1-3-5(10)6(8)9/h5-6H,1-4,10H2. The van der Waals surface area contributed by atoms with Gasteiger partial charge in [0.1, 0.15) is 0 Å². The molecule has 0 radical (unpaired) electrons. The fourth-order valence-corrected chi connectivity index (χ4v) is 0.601. The Labute approximate surface area is 58.4 Å². The number of hydrogen-bond acceptors (Lipinski definition) is 1. The maximum atomic E-state index is 11.6. The molecule has 0 bridgehead atoms. The number of hydrogen-bond donors (Lipinski definition) is 1. The van der Waals surface area contributed by atoms with Gasteiger partial charge in [0.2, 0.25) is 0 Å². The molecule has 0 amide bonds. The molecule has 4 heteroatoms. The molecule has 0 saturated heterocycles. The van der Waals surface area contributed by atoms with E-state index >= 15 is 0 Å². The summed E-state index contributed by atoms with van der Waals surface area (Å²) in [6, 6.07) is -1.08. The van der Waals surface area contributed by atoms with Crippen molar-refractivity contribution < 1.29 is 13.2 Å². The molecule has 1 unspecified atom stereocenters. The van der Waals surface area contributed by atoms with E-state index in [1.54, 1.807) is 0 Å². The summed E-state index contributed by atoms with van der Waals surface area (Å²) in [6.45, 7) is -0.448. The molecule has 0 aliphatic carbocycles. The van der Waals surface area contributed by atoms with E-state index in [9.17, 15) is 13.2 Å². The Morgan fingerprint density at radius 2 is 1.80 bits per heavy atom. The summed E-state index contributed by atoms with van der Waals surface area (Å²) in [4.78, 5) is 0. The van der Waals surface area contributed by atoms with Crippen molar-refractivity contribution >= 4 is 0 Å². The zero-order valence-electron chi connectivity index (χ0n) is 5.69. The fourth-order valence-electron chi connectivity index (χ4n) is 0.601. The first-order valence-electron chi connectivity index (χ1n) is 3.28. The monoisotopic (exact) mass is 155 g/mol. The lowest BCUT2D eigenvalue weighted by atomic mass is 10.1. The van der Waals surface area contributed by atoms with Crippen LogP contribution in [0.1, 0.15) is 19.3 Å². The maximum absolute atomic E-state index is 11.6. The van der Waals surface area contributed by atoms with Crippen molar-refractivity contribution in [1.29, 1.82) is 0 Å². The van der Waals surface area contributed by atoms with Gasteiger partial charge in [-0.15, -0.1) is 0 Å². The molecule has 0 aromatic rings. The molecule has 0 fully saturated rings. The van der Waals surface area contributed by atoms with Crippen molar-refractivity contribution in [2.75, 3.05) is 6.67 Å². The van der Waals surface area contributed by atoms with Gasteiger partial charge < -0.3 is 5.73 Å². The topological polar surface area (TPSA) is 26.0 Å². The number of alkyl halides is 3. The van der Waals surface area contributed by atoms with Crippen molar-refractivity contribution in [3.05, 3.63) is 0 Å². The van der Waals surface area contributed by atoms with Gasteiger partial charge in [0, 0.05) is 0 Å². The molecular weight excluding hydrogens is 143 g/mol. The van der Waals surface area contributed by atoms with Crippen molar-refractivity contribution in [3.8, 4) is 0 Å². The van der Waals surface area contributed by atoms with Crippen LogP contribution in [0.15, 0.2) is 0 Å². The number of nitrogens with two attached hydrogens (primary N) is 1. The molecule has 10 heavy (non-hydrogen) atoms. The van der Waals surface area contributed by atoms with Crippen LogP contribution in [0.3, 0.4) is 0 Å². The quantitative estimate of drug-likeness (QED) is 0.601. The van der Waals surface area contributed by atoms with Crippen molar-refractivity contribution in [3.63, 3.8) is 0 Å². The second kappa shape index (κ2) is 5.53. The lowest BCUT2D eigenvalue weighted by Gasteiger charge is -2.07. The van der Waals surface area contributed by atoms with Crippen LogP contribution in [-0.4, -0.2) is 19.1 Å². The maximum Gasteiger partial charge on any atom is 0.253 e. The molecule has 62 valence electrons. The molecule has 0 aliphatic rings. The summed E-state index contributed by atoms with van der Waals surface area (Å²) in [7, 11) is 0. The number of unbranched alkanes of at least 4 members (excludes halogenated alkanes) is 1. The smallest absolute Gasteiger partial charge is 0.253 e. The minimum atomic E-state index is -2.47. The van der Waals surface area contributed by atoms with Crippen molar-refractivity contribution in [2.24, 2.45) is 5.73 Å². The highest BCUT2D eigenvalue weighted by atomic mass is 19.3. The summed E-state index contributed by atoms with van der Waals surface area (Å²) < 4.78 is 34.7. The van der Waals surface area contributed by atoms with Gasteiger partial charge in [-0.2, -0.15) is 0 Å². The highest BCUT2D eigenvalue weighted by Crippen LogP contribution is 2.06. The van der Waals surface area contributed by atoms with E-state index in [-0.39, 0.29) is 6.42 Å². The summed E-state index contributed by atoms with van der Waals surface area (Å²) in [6.07, 6.45) is -1.48. The van der Waals surface area contributed by atoms with E-state index in [2.05, 4.69) is 0 Å². The van der Waals surface area contributed by atoms with E-state index in [1.807, 2.05) is 0 Å². The molecule has 0 aromatic heterocycles. The van der Waals surface area contributed by atoms with Crippen molar-refractivity contribution in [2.45, 2.75) is 31.7 Å². The molecular formula is C6H12F3N. The predicted molar refractivity (Wildman–Crippen MR) is 33.8 cm³/mol. The summed E-state index contributed by atoms with van der Waals surface area (Å²) in [5.74, 6) is 0. The van der Waals surface area contributed by atoms with Gasteiger partial charge in [-0.3, -0.25) is 4.39 Å². The van der Waals surface area contributed by atoms with Gasteiger partial charge in [0.05, 0.1) is 12.7 Å². The molecule has 0 aliphatic heterocycles. The Morgan fingerprint density at radius 3 is 2.20 bits per heavy atom. The van der Waals surface area contributed by atoms with E-state index in [0.29, 0.717) is 12.8 Å². The predicted octanol–water partition coefficient (Wildman–Crippen LogP) is 1.72. The molecule has 2 N–H and O–H groups in total. The summed E-state index contributed by atoms with van der Waals surface area (Å²) in [5, 5.41) is 0. The van der Waals surface area contributed by atoms with Crippen LogP contribution in [0.25, 0.3) is 0 Å². The van der Waals surface area contributed by atoms with Crippen LogP contribution in [-0.2, 0) is 0 Å². The third-order valence-corrected chi connectivity index (χ3v) is 1.24. The minimum Gasteiger partial charge on any atom is -0.323 e.